The minimum atomic E-state index is -0.208. The van der Waals surface area contributed by atoms with Crippen molar-refractivity contribution in [2.24, 2.45) is 10.1 Å². The standard InChI is InChI=1S/C20H18BrN3O2S/c1-13(2)10-22-20-24(23-11-14-6-5-9-18(25)19(14)26)17(12-27-20)15-7-3-4-8-16(15)21/h3-9,11-12,25-26H,1,10H2,2H3. The topological polar surface area (TPSA) is 70.1 Å². The Bertz CT molecular complexity index is 1080. The third kappa shape index (κ3) is 4.37. The highest BCUT2D eigenvalue weighted by molar-refractivity contribution is 9.10. The Kier molecular flexibility index (Phi) is 5.93. The van der Waals surface area contributed by atoms with E-state index in [9.17, 15) is 10.2 Å². The molecule has 3 aromatic rings. The van der Waals surface area contributed by atoms with Crippen LogP contribution in [0.5, 0.6) is 11.5 Å². The third-order valence-electron chi connectivity index (χ3n) is 3.68. The first-order valence-electron chi connectivity index (χ1n) is 8.13. The van der Waals surface area contributed by atoms with Crippen molar-refractivity contribution in [3.8, 4) is 22.8 Å². The van der Waals surface area contributed by atoms with Crippen LogP contribution in [-0.4, -0.2) is 27.6 Å². The lowest BCUT2D eigenvalue weighted by molar-refractivity contribution is 0.403. The second-order valence-electron chi connectivity index (χ2n) is 5.93. The SMILES string of the molecule is C=C(C)CN=c1scc(-c2ccccc2Br)n1N=Cc1cccc(O)c1O. The summed E-state index contributed by atoms with van der Waals surface area (Å²) in [7, 11) is 0. The molecular weight excluding hydrogens is 426 g/mol. The van der Waals surface area contributed by atoms with Gasteiger partial charge in [0.05, 0.1) is 18.5 Å². The Labute approximate surface area is 169 Å². The minimum absolute atomic E-state index is 0.188. The molecule has 138 valence electrons. The van der Waals surface area contributed by atoms with Crippen molar-refractivity contribution in [3.05, 3.63) is 74.8 Å². The molecule has 0 atom stereocenters. The van der Waals surface area contributed by atoms with Gasteiger partial charge in [0.25, 0.3) is 0 Å². The fourth-order valence-electron chi connectivity index (χ4n) is 2.35. The van der Waals surface area contributed by atoms with Crippen LogP contribution in [0.3, 0.4) is 0 Å². The van der Waals surface area contributed by atoms with E-state index in [-0.39, 0.29) is 11.5 Å². The Morgan fingerprint density at radius 1 is 1.22 bits per heavy atom. The summed E-state index contributed by atoms with van der Waals surface area (Å²) < 4.78 is 2.66. The zero-order valence-electron chi connectivity index (χ0n) is 14.6. The van der Waals surface area contributed by atoms with E-state index in [1.807, 2.05) is 36.6 Å². The van der Waals surface area contributed by atoms with E-state index in [0.29, 0.717) is 16.9 Å². The normalized spacial score (nSPS) is 12.0. The zero-order chi connectivity index (χ0) is 19.4. The van der Waals surface area contributed by atoms with E-state index in [2.05, 4.69) is 32.6 Å². The van der Waals surface area contributed by atoms with Gasteiger partial charge in [-0.05, 0) is 25.1 Å². The van der Waals surface area contributed by atoms with Crippen LogP contribution in [0, 0.1) is 0 Å². The van der Waals surface area contributed by atoms with Crippen molar-refractivity contribution in [1.82, 2.24) is 4.68 Å². The van der Waals surface area contributed by atoms with Gasteiger partial charge >= 0.3 is 0 Å². The van der Waals surface area contributed by atoms with Crippen LogP contribution in [0.1, 0.15) is 12.5 Å². The van der Waals surface area contributed by atoms with E-state index in [1.165, 1.54) is 23.6 Å². The number of halogens is 1. The van der Waals surface area contributed by atoms with Gasteiger partial charge in [-0.1, -0.05) is 52.3 Å². The molecule has 1 aromatic heterocycles. The molecule has 0 aliphatic rings. The predicted molar refractivity (Wildman–Crippen MR) is 113 cm³/mol. The number of benzene rings is 2. The predicted octanol–water partition coefficient (Wildman–Crippen LogP) is 4.75. The van der Waals surface area contributed by atoms with E-state index in [4.69, 9.17) is 0 Å². The molecule has 0 spiro atoms. The minimum Gasteiger partial charge on any atom is -0.504 e. The first-order chi connectivity index (χ1) is 13.0. The molecule has 1 heterocycles. The van der Waals surface area contributed by atoms with Crippen LogP contribution < -0.4 is 4.80 Å². The maximum atomic E-state index is 10.0. The summed E-state index contributed by atoms with van der Waals surface area (Å²) >= 11 is 5.05. The molecule has 27 heavy (non-hydrogen) atoms. The highest BCUT2D eigenvalue weighted by Gasteiger charge is 2.11. The lowest BCUT2D eigenvalue weighted by Gasteiger charge is -2.06. The Morgan fingerprint density at radius 2 is 2.00 bits per heavy atom. The lowest BCUT2D eigenvalue weighted by Crippen LogP contribution is -2.13. The molecule has 0 amide bonds. The first-order valence-corrected chi connectivity index (χ1v) is 9.80. The molecule has 5 nitrogen and oxygen atoms in total. The van der Waals surface area contributed by atoms with Gasteiger partial charge in [-0.2, -0.15) is 5.10 Å². The number of phenols is 2. The monoisotopic (exact) mass is 443 g/mol. The summed E-state index contributed by atoms with van der Waals surface area (Å²) in [6, 6.07) is 12.6. The van der Waals surface area contributed by atoms with Crippen LogP contribution >= 0.6 is 27.3 Å². The summed E-state index contributed by atoms with van der Waals surface area (Å²) in [4.78, 5) is 5.28. The molecule has 3 rings (SSSR count). The van der Waals surface area contributed by atoms with Gasteiger partial charge in [0.1, 0.15) is 0 Å². The molecule has 0 aliphatic heterocycles. The first kappa shape index (κ1) is 19.1. The van der Waals surface area contributed by atoms with Gasteiger partial charge < -0.3 is 10.2 Å². The van der Waals surface area contributed by atoms with E-state index in [0.717, 1.165) is 21.3 Å². The maximum absolute atomic E-state index is 10.0. The van der Waals surface area contributed by atoms with Gasteiger partial charge in [-0.15, -0.1) is 11.3 Å². The average Bonchev–Trinajstić information content (AvgIpc) is 3.04. The van der Waals surface area contributed by atoms with Crippen molar-refractivity contribution >= 4 is 33.5 Å². The molecule has 0 radical (unpaired) electrons. The second-order valence-corrected chi connectivity index (χ2v) is 7.62. The molecule has 0 saturated heterocycles. The average molecular weight is 444 g/mol. The Balaban J connectivity index is 2.13. The van der Waals surface area contributed by atoms with Crippen molar-refractivity contribution in [2.45, 2.75) is 6.92 Å². The Hall–Kier alpha value is -2.64. The number of hydrogen-bond donors (Lipinski definition) is 2. The molecule has 7 heteroatoms. The van der Waals surface area contributed by atoms with Gasteiger partial charge in [0.15, 0.2) is 11.5 Å². The van der Waals surface area contributed by atoms with Gasteiger partial charge in [-0.3, -0.25) is 4.99 Å². The summed E-state index contributed by atoms with van der Waals surface area (Å²) in [5, 5.41) is 26.2. The van der Waals surface area contributed by atoms with Crippen LogP contribution in [0.4, 0.5) is 0 Å². The lowest BCUT2D eigenvalue weighted by atomic mass is 10.2. The molecular formula is C20H18BrN3O2S. The van der Waals surface area contributed by atoms with E-state index < -0.39 is 0 Å². The number of thiazole rings is 1. The van der Waals surface area contributed by atoms with E-state index >= 15 is 0 Å². The van der Waals surface area contributed by atoms with Crippen LogP contribution in [0.25, 0.3) is 11.3 Å². The van der Waals surface area contributed by atoms with Gasteiger partial charge in [-0.25, -0.2) is 4.68 Å². The van der Waals surface area contributed by atoms with Gasteiger partial charge in [0, 0.05) is 21.0 Å². The van der Waals surface area contributed by atoms with Crippen molar-refractivity contribution in [2.75, 3.05) is 6.54 Å². The number of para-hydroxylation sites is 1. The number of aromatic nitrogens is 1. The maximum Gasteiger partial charge on any atom is 0.206 e. The van der Waals surface area contributed by atoms with Crippen LogP contribution in [0.15, 0.2) is 74.6 Å². The van der Waals surface area contributed by atoms with Crippen molar-refractivity contribution in [1.29, 1.82) is 0 Å². The van der Waals surface area contributed by atoms with Crippen LogP contribution in [-0.2, 0) is 0 Å². The quantitative estimate of drug-likeness (QED) is 0.339. The molecule has 0 unspecified atom stereocenters. The fourth-order valence-corrected chi connectivity index (χ4v) is 3.67. The molecule has 0 fully saturated rings. The zero-order valence-corrected chi connectivity index (χ0v) is 17.0. The van der Waals surface area contributed by atoms with Crippen LogP contribution in [0.2, 0.25) is 0 Å². The smallest absolute Gasteiger partial charge is 0.206 e. The second kappa shape index (κ2) is 8.37. The molecule has 2 N–H and O–H groups in total. The highest BCUT2D eigenvalue weighted by atomic mass is 79.9. The van der Waals surface area contributed by atoms with Crippen molar-refractivity contribution < 1.29 is 10.2 Å². The number of aromatic hydroxyl groups is 2. The number of rotatable bonds is 5. The van der Waals surface area contributed by atoms with Crippen molar-refractivity contribution in [3.63, 3.8) is 0 Å². The summed E-state index contributed by atoms with van der Waals surface area (Å²) in [6.07, 6.45) is 1.50. The van der Waals surface area contributed by atoms with E-state index in [1.54, 1.807) is 16.8 Å². The fraction of sp³-hybridized carbons (Fsp3) is 0.100. The molecule has 2 aromatic carbocycles. The molecule has 0 saturated carbocycles. The highest BCUT2D eigenvalue weighted by Crippen LogP contribution is 2.29. The molecule has 0 bridgehead atoms. The summed E-state index contributed by atoms with van der Waals surface area (Å²) in [5.74, 6) is -0.396. The summed E-state index contributed by atoms with van der Waals surface area (Å²) in [5.41, 5.74) is 3.20. The number of phenolic OH excluding ortho intramolecular Hbond substituents is 2. The number of nitrogens with zero attached hydrogens (tertiary/aromatic N) is 3. The Morgan fingerprint density at radius 3 is 2.74 bits per heavy atom. The largest absolute Gasteiger partial charge is 0.504 e. The third-order valence-corrected chi connectivity index (χ3v) is 5.22. The molecule has 0 aliphatic carbocycles. The number of hydrogen-bond acceptors (Lipinski definition) is 5. The summed E-state index contributed by atoms with van der Waals surface area (Å²) in [6.45, 7) is 6.31. The van der Waals surface area contributed by atoms with Gasteiger partial charge in [0.2, 0.25) is 4.80 Å².